The topological polar surface area (TPSA) is 125 Å². The second kappa shape index (κ2) is 7.75. The van der Waals surface area contributed by atoms with Gasteiger partial charge in [0.25, 0.3) is 0 Å². The van der Waals surface area contributed by atoms with E-state index in [1.165, 1.54) is 0 Å². The van der Waals surface area contributed by atoms with Crippen LogP contribution in [0.4, 0.5) is 0 Å². The Morgan fingerprint density at radius 2 is 2.13 bits per heavy atom. The Morgan fingerprint density at radius 3 is 2.67 bits per heavy atom. The molecule has 9 heteroatoms. The van der Waals surface area contributed by atoms with Gasteiger partial charge >= 0.3 is 7.82 Å². The number of phosphoric ester groups is 1. The molecule has 0 radical (unpaired) electrons. The predicted molar refractivity (Wildman–Crippen MR) is 48.9 cm³/mol. The number of phosphoric acid groups is 1. The van der Waals surface area contributed by atoms with Gasteiger partial charge in [0.15, 0.2) is 0 Å². The van der Waals surface area contributed by atoms with Crippen molar-refractivity contribution in [2.75, 3.05) is 26.4 Å². The number of hydrogen-bond donors (Lipinski definition) is 4. The van der Waals surface area contributed by atoms with Crippen LogP contribution in [0, 0.1) is 0 Å². The maximum atomic E-state index is 11.0. The maximum Gasteiger partial charge on any atom is 0.472 e. The van der Waals surface area contributed by atoms with E-state index in [0.717, 1.165) is 0 Å². The van der Waals surface area contributed by atoms with Crippen molar-refractivity contribution in [3.63, 3.8) is 0 Å². The standard InChI is InChI=1S/C6H14NO7P/c8-3-6(10)4-14-15(11,12)13-2-1-7-5-9/h5-6,8,10H,1-4H2,(H,7,9)(H,11,12). The normalized spacial score (nSPS) is 16.7. The minimum absolute atomic E-state index is 0.0694. The molecule has 0 aromatic carbocycles. The molecule has 0 aromatic heterocycles. The van der Waals surface area contributed by atoms with Crippen molar-refractivity contribution in [2.45, 2.75) is 6.10 Å². The number of aliphatic hydroxyl groups excluding tert-OH is 2. The Hall–Kier alpha value is -0.500. The van der Waals surface area contributed by atoms with Crippen molar-refractivity contribution in [1.82, 2.24) is 5.32 Å². The molecule has 0 aromatic rings. The van der Waals surface area contributed by atoms with Crippen molar-refractivity contribution < 1.29 is 33.5 Å². The summed E-state index contributed by atoms with van der Waals surface area (Å²) in [5.41, 5.74) is 0. The minimum atomic E-state index is -4.23. The number of aliphatic hydroxyl groups is 2. The van der Waals surface area contributed by atoms with Crippen LogP contribution in [0.25, 0.3) is 0 Å². The lowest BCUT2D eigenvalue weighted by molar-refractivity contribution is -0.109. The van der Waals surface area contributed by atoms with Gasteiger partial charge in [-0.15, -0.1) is 0 Å². The van der Waals surface area contributed by atoms with Gasteiger partial charge in [0, 0.05) is 6.54 Å². The third kappa shape index (κ3) is 8.49. The summed E-state index contributed by atoms with van der Waals surface area (Å²) < 4.78 is 19.7. The Kier molecular flexibility index (Phi) is 7.49. The SMILES string of the molecule is O=CNCCOP(=O)(O)OCC(O)CO. The number of rotatable bonds is 9. The van der Waals surface area contributed by atoms with E-state index in [-0.39, 0.29) is 13.2 Å². The fraction of sp³-hybridized carbons (Fsp3) is 0.833. The molecule has 4 N–H and O–H groups in total. The molecule has 2 atom stereocenters. The van der Waals surface area contributed by atoms with Crippen LogP contribution < -0.4 is 5.32 Å². The van der Waals surface area contributed by atoms with Crippen LogP contribution in [-0.2, 0) is 18.4 Å². The zero-order valence-corrected chi connectivity index (χ0v) is 8.80. The van der Waals surface area contributed by atoms with E-state index in [0.29, 0.717) is 6.41 Å². The van der Waals surface area contributed by atoms with Gasteiger partial charge in [-0.3, -0.25) is 13.8 Å². The third-order valence-electron chi connectivity index (χ3n) is 1.22. The summed E-state index contributed by atoms with van der Waals surface area (Å²) >= 11 is 0. The molecule has 8 nitrogen and oxygen atoms in total. The maximum absolute atomic E-state index is 11.0. The highest BCUT2D eigenvalue weighted by Crippen LogP contribution is 2.42. The van der Waals surface area contributed by atoms with Gasteiger partial charge < -0.3 is 20.4 Å². The smallest absolute Gasteiger partial charge is 0.394 e. The average Bonchev–Trinajstić information content (AvgIpc) is 2.21. The van der Waals surface area contributed by atoms with Crippen LogP contribution in [0.5, 0.6) is 0 Å². The van der Waals surface area contributed by atoms with Gasteiger partial charge in [-0.1, -0.05) is 0 Å². The lowest BCUT2D eigenvalue weighted by Gasteiger charge is -2.13. The summed E-state index contributed by atoms with van der Waals surface area (Å²) in [6.07, 6.45) is -0.815. The Labute approximate surface area is 86.4 Å². The first kappa shape index (κ1) is 14.5. The molecule has 1 amide bonds. The molecule has 0 fully saturated rings. The van der Waals surface area contributed by atoms with Crippen LogP contribution in [0.1, 0.15) is 0 Å². The number of nitrogens with one attached hydrogen (secondary N) is 1. The van der Waals surface area contributed by atoms with E-state index >= 15 is 0 Å². The summed E-state index contributed by atoms with van der Waals surface area (Å²) in [5.74, 6) is 0. The summed E-state index contributed by atoms with van der Waals surface area (Å²) in [4.78, 5) is 18.8. The molecule has 0 aliphatic carbocycles. The van der Waals surface area contributed by atoms with E-state index in [1.54, 1.807) is 0 Å². The van der Waals surface area contributed by atoms with Crippen LogP contribution >= 0.6 is 7.82 Å². The zero-order chi connectivity index (χ0) is 11.7. The summed E-state index contributed by atoms with van der Waals surface area (Å²) in [6, 6.07) is 0. The van der Waals surface area contributed by atoms with Gasteiger partial charge in [-0.05, 0) is 0 Å². The predicted octanol–water partition coefficient (Wildman–Crippen LogP) is -1.78. The van der Waals surface area contributed by atoms with Gasteiger partial charge in [0.1, 0.15) is 6.10 Å². The van der Waals surface area contributed by atoms with Crippen molar-refractivity contribution in [2.24, 2.45) is 0 Å². The number of carbonyl (C=O) groups is 1. The highest BCUT2D eigenvalue weighted by molar-refractivity contribution is 7.47. The van der Waals surface area contributed by atoms with E-state index in [2.05, 4.69) is 14.4 Å². The zero-order valence-electron chi connectivity index (χ0n) is 7.90. The quantitative estimate of drug-likeness (QED) is 0.214. The van der Waals surface area contributed by atoms with E-state index in [1.807, 2.05) is 0 Å². The average molecular weight is 243 g/mol. The monoisotopic (exact) mass is 243 g/mol. The summed E-state index contributed by atoms with van der Waals surface area (Å²) in [5, 5.41) is 19.4. The molecule has 0 saturated carbocycles. The first-order valence-corrected chi connectivity index (χ1v) is 5.59. The lowest BCUT2D eigenvalue weighted by atomic mass is 10.4. The Bertz CT molecular complexity index is 224. The van der Waals surface area contributed by atoms with Crippen LogP contribution in [0.3, 0.4) is 0 Å². The third-order valence-corrected chi connectivity index (χ3v) is 2.21. The fourth-order valence-corrected chi connectivity index (χ4v) is 1.31. The minimum Gasteiger partial charge on any atom is -0.394 e. The van der Waals surface area contributed by atoms with Crippen molar-refractivity contribution in [1.29, 1.82) is 0 Å². The van der Waals surface area contributed by atoms with Gasteiger partial charge in [-0.2, -0.15) is 0 Å². The molecule has 90 valence electrons. The Balaban J connectivity index is 3.66. The summed E-state index contributed by atoms with van der Waals surface area (Å²) in [6.45, 7) is -1.21. The van der Waals surface area contributed by atoms with Gasteiger partial charge in [0.05, 0.1) is 19.8 Å². The molecule has 15 heavy (non-hydrogen) atoms. The first-order valence-electron chi connectivity index (χ1n) is 4.09. The van der Waals surface area contributed by atoms with Gasteiger partial charge in [-0.25, -0.2) is 4.57 Å². The number of carbonyl (C=O) groups excluding carboxylic acids is 1. The van der Waals surface area contributed by atoms with E-state index < -0.39 is 27.1 Å². The highest BCUT2D eigenvalue weighted by atomic mass is 31.2. The second-order valence-electron chi connectivity index (χ2n) is 2.51. The molecule has 0 heterocycles. The molecule has 0 aliphatic heterocycles. The van der Waals surface area contributed by atoms with Gasteiger partial charge in [0.2, 0.25) is 6.41 Å². The van der Waals surface area contributed by atoms with Crippen molar-refractivity contribution in [3.05, 3.63) is 0 Å². The second-order valence-corrected chi connectivity index (χ2v) is 3.96. The molecule has 0 rings (SSSR count). The molecule has 0 bridgehead atoms. The van der Waals surface area contributed by atoms with Crippen LogP contribution in [-0.4, -0.2) is 54.0 Å². The molecule has 2 unspecified atom stereocenters. The number of hydrogen-bond acceptors (Lipinski definition) is 6. The van der Waals surface area contributed by atoms with E-state index in [9.17, 15) is 9.36 Å². The first-order chi connectivity index (χ1) is 7.02. The summed E-state index contributed by atoms with van der Waals surface area (Å²) in [7, 11) is -4.23. The van der Waals surface area contributed by atoms with E-state index in [4.69, 9.17) is 15.1 Å². The van der Waals surface area contributed by atoms with Crippen molar-refractivity contribution >= 4 is 14.2 Å². The molecule has 0 aliphatic rings. The van der Waals surface area contributed by atoms with Crippen molar-refractivity contribution in [3.8, 4) is 0 Å². The molecular weight excluding hydrogens is 229 g/mol. The lowest BCUT2D eigenvalue weighted by Crippen LogP contribution is -2.20. The number of amides is 1. The molecule has 0 saturated heterocycles. The molecular formula is C6H14NO7P. The largest absolute Gasteiger partial charge is 0.472 e. The Morgan fingerprint density at radius 1 is 1.47 bits per heavy atom. The van der Waals surface area contributed by atoms with Crippen LogP contribution in [0.15, 0.2) is 0 Å². The fourth-order valence-electron chi connectivity index (χ4n) is 0.549. The highest BCUT2D eigenvalue weighted by Gasteiger charge is 2.21. The van der Waals surface area contributed by atoms with Crippen LogP contribution in [0.2, 0.25) is 0 Å². The molecule has 0 spiro atoms.